The Morgan fingerprint density at radius 3 is 2.14 bits per heavy atom. The quantitative estimate of drug-likeness (QED) is 0.821. The van der Waals surface area contributed by atoms with Crippen molar-refractivity contribution in [3.05, 3.63) is 35.9 Å². The number of rotatable bonds is 2. The van der Waals surface area contributed by atoms with Crippen molar-refractivity contribution < 1.29 is 9.47 Å². The van der Waals surface area contributed by atoms with Crippen LogP contribution in [0.25, 0.3) is 5.57 Å². The molecule has 3 heteroatoms. The molecule has 1 saturated heterocycles. The first kappa shape index (κ1) is 15.6. The lowest BCUT2D eigenvalue weighted by molar-refractivity contribution is -0.300. The summed E-state index contributed by atoms with van der Waals surface area (Å²) in [6.45, 7) is 5.95. The van der Waals surface area contributed by atoms with Gasteiger partial charge in [0.2, 0.25) is 0 Å². The van der Waals surface area contributed by atoms with Crippen LogP contribution in [-0.2, 0) is 9.47 Å². The SMILES string of the molecule is CN(C)c1ccc(C2=CCC3(CC2)OCC(C)(C)CO3)cc1. The Hall–Kier alpha value is -1.32. The summed E-state index contributed by atoms with van der Waals surface area (Å²) in [6.07, 6.45) is 5.12. The molecule has 0 amide bonds. The zero-order valence-corrected chi connectivity index (χ0v) is 14.2. The summed E-state index contributed by atoms with van der Waals surface area (Å²) in [5.74, 6) is -0.372. The van der Waals surface area contributed by atoms with Crippen molar-refractivity contribution in [2.75, 3.05) is 32.2 Å². The van der Waals surface area contributed by atoms with Crippen LogP contribution in [0.4, 0.5) is 5.69 Å². The van der Waals surface area contributed by atoms with Crippen molar-refractivity contribution in [1.82, 2.24) is 0 Å². The largest absolute Gasteiger partial charge is 0.378 e. The average molecular weight is 301 g/mol. The third-order valence-electron chi connectivity index (χ3n) is 4.64. The molecule has 1 aliphatic carbocycles. The van der Waals surface area contributed by atoms with Gasteiger partial charge in [-0.3, -0.25) is 0 Å². The second-order valence-electron chi connectivity index (χ2n) is 7.53. The van der Waals surface area contributed by atoms with E-state index in [1.54, 1.807) is 0 Å². The summed E-state index contributed by atoms with van der Waals surface area (Å²) in [5, 5.41) is 0. The molecule has 1 fully saturated rings. The third kappa shape index (κ3) is 3.21. The zero-order valence-electron chi connectivity index (χ0n) is 14.2. The van der Waals surface area contributed by atoms with Gasteiger partial charge in [-0.25, -0.2) is 0 Å². The lowest BCUT2D eigenvalue weighted by Gasteiger charge is -2.44. The average Bonchev–Trinajstić information content (AvgIpc) is 2.52. The maximum Gasteiger partial charge on any atom is 0.172 e. The molecule has 0 aromatic heterocycles. The normalized spacial score (nSPS) is 23.2. The molecular weight excluding hydrogens is 274 g/mol. The minimum Gasteiger partial charge on any atom is -0.378 e. The van der Waals surface area contributed by atoms with Gasteiger partial charge in [-0.15, -0.1) is 0 Å². The molecule has 0 bridgehead atoms. The molecule has 0 radical (unpaired) electrons. The molecule has 120 valence electrons. The lowest BCUT2D eigenvalue weighted by Crippen LogP contribution is -2.48. The van der Waals surface area contributed by atoms with E-state index in [-0.39, 0.29) is 11.2 Å². The van der Waals surface area contributed by atoms with E-state index < -0.39 is 0 Å². The standard InChI is InChI=1S/C19H27NO2/c1-18(2)13-21-19(22-14-18)11-9-16(10-12-19)15-5-7-17(8-6-15)20(3)4/h5-9H,10-14H2,1-4H3. The molecule has 3 nitrogen and oxygen atoms in total. The fraction of sp³-hybridized carbons (Fsp3) is 0.579. The topological polar surface area (TPSA) is 21.7 Å². The van der Waals surface area contributed by atoms with Crippen LogP contribution >= 0.6 is 0 Å². The number of anilines is 1. The van der Waals surface area contributed by atoms with Crippen LogP contribution < -0.4 is 4.90 Å². The van der Waals surface area contributed by atoms with E-state index >= 15 is 0 Å². The summed E-state index contributed by atoms with van der Waals surface area (Å²) in [6, 6.07) is 8.78. The van der Waals surface area contributed by atoms with Crippen LogP contribution in [0, 0.1) is 5.41 Å². The van der Waals surface area contributed by atoms with Crippen LogP contribution in [0.3, 0.4) is 0 Å². The van der Waals surface area contributed by atoms with Gasteiger partial charge in [0.25, 0.3) is 0 Å². The van der Waals surface area contributed by atoms with Gasteiger partial charge in [-0.05, 0) is 29.7 Å². The van der Waals surface area contributed by atoms with Crippen LogP contribution in [0.1, 0.15) is 38.7 Å². The first-order chi connectivity index (χ1) is 10.4. The predicted molar refractivity (Wildman–Crippen MR) is 91.0 cm³/mol. The molecule has 0 atom stereocenters. The maximum absolute atomic E-state index is 6.08. The minimum absolute atomic E-state index is 0.136. The Bertz CT molecular complexity index is 547. The highest BCUT2D eigenvalue weighted by molar-refractivity contribution is 5.68. The summed E-state index contributed by atoms with van der Waals surface area (Å²) >= 11 is 0. The highest BCUT2D eigenvalue weighted by Crippen LogP contribution is 2.40. The number of hydrogen-bond donors (Lipinski definition) is 0. The maximum atomic E-state index is 6.08. The number of benzene rings is 1. The Balaban J connectivity index is 1.69. The number of ether oxygens (including phenoxy) is 2. The molecule has 0 unspecified atom stereocenters. The molecule has 0 N–H and O–H groups in total. The van der Waals surface area contributed by atoms with Gasteiger partial charge in [0.05, 0.1) is 13.2 Å². The number of nitrogens with zero attached hydrogens (tertiary/aromatic N) is 1. The van der Waals surface area contributed by atoms with E-state index in [1.807, 2.05) is 0 Å². The molecule has 2 aliphatic rings. The van der Waals surface area contributed by atoms with E-state index in [9.17, 15) is 0 Å². The van der Waals surface area contributed by atoms with Gasteiger partial charge >= 0.3 is 0 Å². The van der Waals surface area contributed by atoms with Gasteiger partial charge < -0.3 is 14.4 Å². The van der Waals surface area contributed by atoms with Crippen LogP contribution in [0.5, 0.6) is 0 Å². The van der Waals surface area contributed by atoms with Crippen LogP contribution in [-0.4, -0.2) is 33.1 Å². The van der Waals surface area contributed by atoms with Gasteiger partial charge in [0, 0.05) is 38.0 Å². The molecule has 1 aliphatic heterocycles. The van der Waals surface area contributed by atoms with Crippen molar-refractivity contribution in [2.45, 2.75) is 38.9 Å². The third-order valence-corrected chi connectivity index (χ3v) is 4.64. The second-order valence-corrected chi connectivity index (χ2v) is 7.53. The van der Waals surface area contributed by atoms with E-state index in [0.29, 0.717) is 0 Å². The summed E-state index contributed by atoms with van der Waals surface area (Å²) < 4.78 is 12.2. The molecule has 1 spiro atoms. The fourth-order valence-corrected chi connectivity index (χ4v) is 3.04. The lowest BCUT2D eigenvalue weighted by atomic mass is 9.87. The summed E-state index contributed by atoms with van der Waals surface area (Å²) in [5.41, 5.74) is 4.10. The van der Waals surface area contributed by atoms with Gasteiger partial charge in [0.15, 0.2) is 5.79 Å². The molecular formula is C19H27NO2. The Labute approximate surface area is 133 Å². The molecule has 0 saturated carbocycles. The Morgan fingerprint density at radius 1 is 1.00 bits per heavy atom. The van der Waals surface area contributed by atoms with Crippen molar-refractivity contribution in [3.63, 3.8) is 0 Å². The van der Waals surface area contributed by atoms with Gasteiger partial charge in [-0.1, -0.05) is 32.1 Å². The highest BCUT2D eigenvalue weighted by atomic mass is 16.7. The molecule has 1 heterocycles. The van der Waals surface area contributed by atoms with Gasteiger partial charge in [-0.2, -0.15) is 0 Å². The minimum atomic E-state index is -0.372. The van der Waals surface area contributed by atoms with Gasteiger partial charge in [0.1, 0.15) is 0 Å². The smallest absolute Gasteiger partial charge is 0.172 e. The Morgan fingerprint density at radius 2 is 1.64 bits per heavy atom. The van der Waals surface area contributed by atoms with Crippen molar-refractivity contribution in [2.24, 2.45) is 5.41 Å². The second kappa shape index (κ2) is 5.71. The Kier molecular flexibility index (Phi) is 4.04. The van der Waals surface area contributed by atoms with E-state index in [1.165, 1.54) is 16.8 Å². The van der Waals surface area contributed by atoms with Crippen molar-refractivity contribution in [3.8, 4) is 0 Å². The molecule has 1 aromatic rings. The van der Waals surface area contributed by atoms with Crippen molar-refractivity contribution >= 4 is 11.3 Å². The monoisotopic (exact) mass is 301 g/mol. The summed E-state index contributed by atoms with van der Waals surface area (Å²) in [7, 11) is 4.13. The number of allylic oxidation sites excluding steroid dienone is 1. The first-order valence-electron chi connectivity index (χ1n) is 8.14. The van der Waals surface area contributed by atoms with Crippen LogP contribution in [0.15, 0.2) is 30.3 Å². The highest BCUT2D eigenvalue weighted by Gasteiger charge is 2.41. The van der Waals surface area contributed by atoms with Crippen molar-refractivity contribution in [1.29, 1.82) is 0 Å². The fourth-order valence-electron chi connectivity index (χ4n) is 3.04. The predicted octanol–water partition coefficient (Wildman–Crippen LogP) is 4.09. The first-order valence-corrected chi connectivity index (χ1v) is 8.14. The molecule has 1 aromatic carbocycles. The molecule has 22 heavy (non-hydrogen) atoms. The molecule has 3 rings (SSSR count). The van der Waals surface area contributed by atoms with E-state index in [4.69, 9.17) is 9.47 Å². The summed E-state index contributed by atoms with van der Waals surface area (Å²) in [4.78, 5) is 2.12. The van der Waals surface area contributed by atoms with Crippen LogP contribution in [0.2, 0.25) is 0 Å². The number of hydrogen-bond acceptors (Lipinski definition) is 3. The van der Waals surface area contributed by atoms with E-state index in [2.05, 4.69) is 63.2 Å². The van der Waals surface area contributed by atoms with E-state index in [0.717, 1.165) is 32.5 Å². The zero-order chi connectivity index (χ0) is 15.8.